The average Bonchev–Trinajstić information content (AvgIpc) is 2.24. The van der Waals surface area contributed by atoms with Crippen molar-refractivity contribution in [3.8, 4) is 11.1 Å². The first kappa shape index (κ1) is 12.0. The first-order valence-corrected chi connectivity index (χ1v) is 5.86. The number of hydrogen-bond acceptors (Lipinski definition) is 1. The van der Waals surface area contributed by atoms with Gasteiger partial charge in [-0.15, -0.1) is 0 Å². The highest BCUT2D eigenvalue weighted by atomic mass is 35.5. The molecule has 1 nitrogen and oxygen atoms in total. The van der Waals surface area contributed by atoms with E-state index < -0.39 is 0 Å². The van der Waals surface area contributed by atoms with Crippen LogP contribution in [-0.4, -0.2) is 4.98 Å². The molecule has 0 aliphatic carbocycles. The van der Waals surface area contributed by atoms with Gasteiger partial charge in [0.2, 0.25) is 0 Å². The van der Waals surface area contributed by atoms with Gasteiger partial charge in [-0.2, -0.15) is 0 Å². The van der Waals surface area contributed by atoms with Crippen molar-refractivity contribution in [1.82, 2.24) is 4.98 Å². The lowest BCUT2D eigenvalue weighted by Crippen LogP contribution is -1.85. The number of halogens is 4. The van der Waals surface area contributed by atoms with Crippen molar-refractivity contribution in [3.05, 3.63) is 50.7 Å². The van der Waals surface area contributed by atoms with Gasteiger partial charge in [0.05, 0.1) is 10.0 Å². The van der Waals surface area contributed by atoms with Gasteiger partial charge in [-0.1, -0.05) is 46.4 Å². The molecule has 2 aromatic rings. The predicted molar refractivity (Wildman–Crippen MR) is 69.7 cm³/mol. The van der Waals surface area contributed by atoms with Gasteiger partial charge < -0.3 is 0 Å². The summed E-state index contributed by atoms with van der Waals surface area (Å²) in [5.41, 5.74) is 1.39. The third kappa shape index (κ3) is 2.28. The summed E-state index contributed by atoms with van der Waals surface area (Å²) in [6.45, 7) is 0. The van der Waals surface area contributed by atoms with Crippen molar-refractivity contribution in [2.75, 3.05) is 0 Å². The van der Waals surface area contributed by atoms with E-state index in [1.54, 1.807) is 24.4 Å². The zero-order chi connectivity index (χ0) is 11.7. The zero-order valence-electron chi connectivity index (χ0n) is 7.85. The predicted octanol–water partition coefficient (Wildman–Crippen LogP) is 5.36. The summed E-state index contributed by atoms with van der Waals surface area (Å²) in [4.78, 5) is 3.98. The van der Waals surface area contributed by atoms with Gasteiger partial charge in [0, 0.05) is 22.3 Å². The van der Waals surface area contributed by atoms with Crippen LogP contribution in [-0.2, 0) is 0 Å². The van der Waals surface area contributed by atoms with E-state index in [-0.39, 0.29) is 0 Å². The normalized spacial score (nSPS) is 10.5. The molecule has 0 amide bonds. The molecule has 0 aliphatic heterocycles. The van der Waals surface area contributed by atoms with E-state index in [1.807, 2.05) is 6.07 Å². The van der Waals surface area contributed by atoms with Crippen molar-refractivity contribution in [2.24, 2.45) is 0 Å². The first-order valence-electron chi connectivity index (χ1n) is 4.35. The lowest BCUT2D eigenvalue weighted by atomic mass is 10.1. The molecule has 0 N–H and O–H groups in total. The molecule has 5 heteroatoms. The van der Waals surface area contributed by atoms with E-state index in [2.05, 4.69) is 4.98 Å². The molecule has 0 unspecified atom stereocenters. The number of rotatable bonds is 1. The molecule has 0 fully saturated rings. The maximum Gasteiger partial charge on any atom is 0.136 e. The van der Waals surface area contributed by atoms with Crippen LogP contribution in [0.4, 0.5) is 0 Å². The quantitative estimate of drug-likeness (QED) is 0.509. The summed E-state index contributed by atoms with van der Waals surface area (Å²) >= 11 is 23.9. The lowest BCUT2D eigenvalue weighted by Gasteiger charge is -2.08. The van der Waals surface area contributed by atoms with E-state index >= 15 is 0 Å². The fourth-order valence-electron chi connectivity index (χ4n) is 1.34. The van der Waals surface area contributed by atoms with Crippen LogP contribution in [0.5, 0.6) is 0 Å². The van der Waals surface area contributed by atoms with Gasteiger partial charge in [0.25, 0.3) is 0 Å². The highest BCUT2D eigenvalue weighted by molar-refractivity contribution is 6.45. The molecular weight excluding hydrogens is 288 g/mol. The number of pyridine rings is 1. The Hall–Kier alpha value is -0.470. The van der Waals surface area contributed by atoms with Gasteiger partial charge in [0.15, 0.2) is 0 Å². The highest BCUT2D eigenvalue weighted by Gasteiger charge is 2.12. The molecule has 0 saturated heterocycles. The minimum atomic E-state index is 0.364. The summed E-state index contributed by atoms with van der Waals surface area (Å²) < 4.78 is 0. The first-order chi connectivity index (χ1) is 7.59. The zero-order valence-corrected chi connectivity index (χ0v) is 10.9. The largest absolute Gasteiger partial charge is 0.244 e. The van der Waals surface area contributed by atoms with Crippen LogP contribution < -0.4 is 0 Å². The highest BCUT2D eigenvalue weighted by Crippen LogP contribution is 2.38. The molecule has 0 atom stereocenters. The minimum Gasteiger partial charge on any atom is -0.244 e. The Bertz CT molecular complexity index is 540. The van der Waals surface area contributed by atoms with Crippen molar-refractivity contribution in [3.63, 3.8) is 0 Å². The SMILES string of the molecule is Clc1cc(Cl)c(Cl)c(-c2cccnc2Cl)c1. The smallest absolute Gasteiger partial charge is 0.136 e. The number of benzene rings is 1. The monoisotopic (exact) mass is 291 g/mol. The molecule has 0 spiro atoms. The van der Waals surface area contributed by atoms with E-state index in [0.29, 0.717) is 31.3 Å². The second kappa shape index (κ2) is 4.80. The van der Waals surface area contributed by atoms with Crippen LogP contribution >= 0.6 is 46.4 Å². The van der Waals surface area contributed by atoms with Crippen LogP contribution in [0.1, 0.15) is 0 Å². The molecule has 1 aromatic heterocycles. The van der Waals surface area contributed by atoms with E-state index in [0.717, 1.165) is 0 Å². The second-order valence-electron chi connectivity index (χ2n) is 3.09. The standard InChI is InChI=1S/C11H5Cl4N/c12-6-4-8(10(14)9(13)5-6)7-2-1-3-16-11(7)15/h1-5H. The number of aromatic nitrogens is 1. The van der Waals surface area contributed by atoms with E-state index in [9.17, 15) is 0 Å². The van der Waals surface area contributed by atoms with Crippen LogP contribution in [0.3, 0.4) is 0 Å². The summed E-state index contributed by atoms with van der Waals surface area (Å²) in [6.07, 6.45) is 1.60. The van der Waals surface area contributed by atoms with Gasteiger partial charge in [-0.05, 0) is 24.3 Å². The molecule has 1 aromatic carbocycles. The molecule has 1 heterocycles. The molecular formula is C11H5Cl4N. The summed E-state index contributed by atoms with van der Waals surface area (Å²) in [7, 11) is 0. The molecule has 0 saturated carbocycles. The van der Waals surface area contributed by atoms with Gasteiger partial charge in [-0.25, -0.2) is 4.98 Å². The lowest BCUT2D eigenvalue weighted by molar-refractivity contribution is 1.33. The topological polar surface area (TPSA) is 12.9 Å². The number of hydrogen-bond donors (Lipinski definition) is 0. The Kier molecular flexibility index (Phi) is 3.60. The summed E-state index contributed by atoms with van der Waals surface area (Å²) in [5, 5.41) is 1.68. The maximum absolute atomic E-state index is 6.09. The summed E-state index contributed by atoms with van der Waals surface area (Å²) in [6, 6.07) is 6.87. The van der Waals surface area contributed by atoms with Gasteiger partial charge in [-0.3, -0.25) is 0 Å². The molecule has 82 valence electrons. The maximum atomic E-state index is 6.09. The Labute approximate surface area is 113 Å². The van der Waals surface area contributed by atoms with Crippen molar-refractivity contribution >= 4 is 46.4 Å². The molecule has 2 rings (SSSR count). The number of nitrogens with zero attached hydrogens (tertiary/aromatic N) is 1. The molecule has 0 bridgehead atoms. The minimum absolute atomic E-state index is 0.364. The second-order valence-corrected chi connectivity index (χ2v) is 4.67. The average molecular weight is 293 g/mol. The Morgan fingerprint density at radius 2 is 1.69 bits per heavy atom. The van der Waals surface area contributed by atoms with Crippen molar-refractivity contribution in [1.29, 1.82) is 0 Å². The Balaban J connectivity index is 2.69. The fraction of sp³-hybridized carbons (Fsp3) is 0. The van der Waals surface area contributed by atoms with Gasteiger partial charge >= 0.3 is 0 Å². The third-order valence-corrected chi connectivity index (χ3v) is 3.36. The van der Waals surface area contributed by atoms with Crippen molar-refractivity contribution < 1.29 is 0 Å². The Morgan fingerprint density at radius 1 is 0.938 bits per heavy atom. The van der Waals surface area contributed by atoms with Gasteiger partial charge in [0.1, 0.15) is 5.15 Å². The Morgan fingerprint density at radius 3 is 2.38 bits per heavy atom. The van der Waals surface area contributed by atoms with Crippen LogP contribution in [0, 0.1) is 0 Å². The molecule has 0 radical (unpaired) electrons. The van der Waals surface area contributed by atoms with Crippen LogP contribution in [0.25, 0.3) is 11.1 Å². The van der Waals surface area contributed by atoms with Crippen LogP contribution in [0.15, 0.2) is 30.5 Å². The molecule has 16 heavy (non-hydrogen) atoms. The van der Waals surface area contributed by atoms with Crippen molar-refractivity contribution in [2.45, 2.75) is 0 Å². The third-order valence-electron chi connectivity index (χ3n) is 2.04. The van der Waals surface area contributed by atoms with Crippen LogP contribution in [0.2, 0.25) is 20.2 Å². The molecule has 0 aliphatic rings. The van der Waals surface area contributed by atoms with E-state index in [4.69, 9.17) is 46.4 Å². The van der Waals surface area contributed by atoms with E-state index in [1.165, 1.54) is 0 Å². The fourth-order valence-corrected chi connectivity index (χ4v) is 2.26. The summed E-state index contributed by atoms with van der Waals surface area (Å²) in [5.74, 6) is 0.